The molecule has 0 aromatic rings. The molecule has 13 heavy (non-hydrogen) atoms. The van der Waals surface area contributed by atoms with Gasteiger partial charge in [-0.25, -0.2) is 4.99 Å². The van der Waals surface area contributed by atoms with Crippen LogP contribution in [0.15, 0.2) is 16.2 Å². The third-order valence-corrected chi connectivity index (χ3v) is 2.46. The van der Waals surface area contributed by atoms with Gasteiger partial charge in [-0.1, -0.05) is 18.5 Å². The molecule has 0 saturated carbocycles. The van der Waals surface area contributed by atoms with Crippen molar-refractivity contribution in [3.8, 4) is 0 Å². The molecule has 1 aliphatic rings. The molecule has 2 unspecified atom stereocenters. The summed E-state index contributed by atoms with van der Waals surface area (Å²) < 4.78 is 5.52. The zero-order chi connectivity index (χ0) is 9.84. The molecule has 2 nitrogen and oxygen atoms in total. The second-order valence-electron chi connectivity index (χ2n) is 3.05. The van der Waals surface area contributed by atoms with Crippen molar-refractivity contribution in [2.75, 3.05) is 0 Å². The van der Waals surface area contributed by atoms with Gasteiger partial charge in [0.2, 0.25) is 5.90 Å². The van der Waals surface area contributed by atoms with E-state index in [1.54, 1.807) is 6.20 Å². The molecule has 0 bridgehead atoms. The van der Waals surface area contributed by atoms with Crippen LogP contribution in [0.5, 0.6) is 0 Å². The first kappa shape index (κ1) is 10.9. The van der Waals surface area contributed by atoms with Gasteiger partial charge in [0.15, 0.2) is 0 Å². The quantitative estimate of drug-likeness (QED) is 0.657. The van der Waals surface area contributed by atoms with Gasteiger partial charge in [0.1, 0.15) is 5.38 Å². The minimum absolute atomic E-state index is 0.158. The first-order valence-corrected chi connectivity index (χ1v) is 5.18. The predicted molar refractivity (Wildman–Crippen MR) is 56.5 cm³/mol. The van der Waals surface area contributed by atoms with Crippen molar-refractivity contribution in [1.29, 1.82) is 0 Å². The molecule has 2 atom stereocenters. The standard InChI is InChI=1S/C9H13Cl2NO/c1-3-6(2)13-9-8(11)4-7(10)5-12-9/h5-6,8H,3-4H2,1-2H3. The Bertz CT molecular complexity index is 238. The monoisotopic (exact) mass is 221 g/mol. The highest BCUT2D eigenvalue weighted by molar-refractivity contribution is 6.35. The highest BCUT2D eigenvalue weighted by Gasteiger charge is 2.20. The Morgan fingerprint density at radius 2 is 2.46 bits per heavy atom. The van der Waals surface area contributed by atoms with Crippen molar-refractivity contribution in [3.63, 3.8) is 0 Å². The van der Waals surface area contributed by atoms with Gasteiger partial charge >= 0.3 is 0 Å². The topological polar surface area (TPSA) is 21.6 Å². The molecule has 0 spiro atoms. The van der Waals surface area contributed by atoms with Gasteiger partial charge in [-0.15, -0.1) is 11.6 Å². The Morgan fingerprint density at radius 1 is 1.77 bits per heavy atom. The fourth-order valence-corrected chi connectivity index (χ4v) is 1.48. The van der Waals surface area contributed by atoms with Gasteiger partial charge in [-0.05, 0) is 13.3 Å². The van der Waals surface area contributed by atoms with Crippen LogP contribution in [0.4, 0.5) is 0 Å². The summed E-state index contributed by atoms with van der Waals surface area (Å²) in [4.78, 5) is 4.05. The smallest absolute Gasteiger partial charge is 0.207 e. The SMILES string of the molecule is CCC(C)OC1=NC=C(Cl)CC1Cl. The molecular formula is C9H13Cl2NO. The van der Waals surface area contributed by atoms with E-state index in [1.807, 2.05) is 6.92 Å². The molecule has 0 aromatic carbocycles. The van der Waals surface area contributed by atoms with Crippen LogP contribution in [-0.2, 0) is 4.74 Å². The minimum Gasteiger partial charge on any atom is -0.477 e. The van der Waals surface area contributed by atoms with Crippen LogP contribution in [0, 0.1) is 0 Å². The van der Waals surface area contributed by atoms with Crippen molar-refractivity contribution in [3.05, 3.63) is 11.2 Å². The van der Waals surface area contributed by atoms with Gasteiger partial charge in [0.05, 0.1) is 6.10 Å². The summed E-state index contributed by atoms with van der Waals surface area (Å²) in [6, 6.07) is 0. The second-order valence-corrected chi connectivity index (χ2v) is 4.06. The summed E-state index contributed by atoms with van der Waals surface area (Å²) >= 11 is 11.8. The van der Waals surface area contributed by atoms with Crippen LogP contribution in [0.1, 0.15) is 26.7 Å². The lowest BCUT2D eigenvalue weighted by molar-refractivity contribution is 0.197. The number of hydrogen-bond donors (Lipinski definition) is 0. The molecule has 1 heterocycles. The van der Waals surface area contributed by atoms with E-state index in [2.05, 4.69) is 11.9 Å². The van der Waals surface area contributed by atoms with Crippen molar-refractivity contribution in [2.45, 2.75) is 38.2 Å². The maximum Gasteiger partial charge on any atom is 0.207 e. The van der Waals surface area contributed by atoms with E-state index in [9.17, 15) is 0 Å². The van der Waals surface area contributed by atoms with Crippen molar-refractivity contribution in [2.24, 2.45) is 4.99 Å². The summed E-state index contributed by atoms with van der Waals surface area (Å²) in [5.74, 6) is 0.584. The highest BCUT2D eigenvalue weighted by atomic mass is 35.5. The van der Waals surface area contributed by atoms with Crippen molar-refractivity contribution in [1.82, 2.24) is 0 Å². The van der Waals surface area contributed by atoms with Crippen LogP contribution in [-0.4, -0.2) is 17.4 Å². The molecule has 0 amide bonds. The summed E-state index contributed by atoms with van der Waals surface area (Å²) in [5, 5.41) is 0.461. The third kappa shape index (κ3) is 3.20. The molecule has 74 valence electrons. The number of alkyl halides is 1. The number of halogens is 2. The van der Waals surface area contributed by atoms with E-state index in [0.29, 0.717) is 17.4 Å². The van der Waals surface area contributed by atoms with E-state index >= 15 is 0 Å². The Labute approximate surface area is 88.6 Å². The van der Waals surface area contributed by atoms with E-state index in [-0.39, 0.29) is 11.5 Å². The van der Waals surface area contributed by atoms with Gasteiger partial charge in [0, 0.05) is 17.7 Å². The van der Waals surface area contributed by atoms with Gasteiger partial charge in [0.25, 0.3) is 0 Å². The van der Waals surface area contributed by atoms with Crippen molar-refractivity contribution < 1.29 is 4.74 Å². The molecule has 0 saturated heterocycles. The zero-order valence-electron chi connectivity index (χ0n) is 7.76. The summed E-state index contributed by atoms with van der Waals surface area (Å²) in [7, 11) is 0. The minimum atomic E-state index is -0.216. The zero-order valence-corrected chi connectivity index (χ0v) is 9.27. The molecule has 0 aliphatic carbocycles. The fourth-order valence-electron chi connectivity index (χ4n) is 0.919. The lowest BCUT2D eigenvalue weighted by Crippen LogP contribution is -2.24. The van der Waals surface area contributed by atoms with E-state index < -0.39 is 0 Å². The maximum absolute atomic E-state index is 6.00. The number of hydrogen-bond acceptors (Lipinski definition) is 2. The first-order valence-electron chi connectivity index (χ1n) is 4.36. The largest absolute Gasteiger partial charge is 0.477 e. The average Bonchev–Trinajstić information content (AvgIpc) is 2.09. The molecule has 0 fully saturated rings. The van der Waals surface area contributed by atoms with Crippen LogP contribution in [0.25, 0.3) is 0 Å². The number of rotatable bonds is 2. The van der Waals surface area contributed by atoms with E-state index in [0.717, 1.165) is 6.42 Å². The number of nitrogens with zero attached hydrogens (tertiary/aromatic N) is 1. The predicted octanol–water partition coefficient (Wildman–Crippen LogP) is 3.29. The van der Waals surface area contributed by atoms with Crippen LogP contribution in [0.2, 0.25) is 0 Å². The molecule has 0 aromatic heterocycles. The normalized spacial score (nSPS) is 24.8. The third-order valence-electron chi connectivity index (χ3n) is 1.87. The van der Waals surface area contributed by atoms with Crippen LogP contribution >= 0.6 is 23.2 Å². The average molecular weight is 222 g/mol. The first-order chi connectivity index (χ1) is 6.13. The lowest BCUT2D eigenvalue weighted by atomic mass is 10.2. The molecule has 4 heteroatoms. The van der Waals surface area contributed by atoms with Gasteiger partial charge in [-0.2, -0.15) is 0 Å². The molecule has 0 radical (unpaired) electrons. The molecule has 1 aliphatic heterocycles. The maximum atomic E-state index is 6.00. The Hall–Kier alpha value is -0.210. The van der Waals surface area contributed by atoms with Gasteiger partial charge < -0.3 is 4.74 Å². The summed E-state index contributed by atoms with van der Waals surface area (Å²) in [6.45, 7) is 4.05. The lowest BCUT2D eigenvalue weighted by Gasteiger charge is -2.20. The number of aliphatic imine (C=N–C) groups is 1. The fraction of sp³-hybridized carbons (Fsp3) is 0.667. The van der Waals surface area contributed by atoms with Crippen molar-refractivity contribution >= 4 is 29.1 Å². The molecule has 0 N–H and O–H groups in total. The number of allylic oxidation sites excluding steroid dienone is 1. The Morgan fingerprint density at radius 3 is 3.00 bits per heavy atom. The van der Waals surface area contributed by atoms with Crippen LogP contribution in [0.3, 0.4) is 0 Å². The Balaban J connectivity index is 2.58. The van der Waals surface area contributed by atoms with Gasteiger partial charge in [-0.3, -0.25) is 0 Å². The number of ether oxygens (including phenoxy) is 1. The second kappa shape index (κ2) is 4.87. The molecular weight excluding hydrogens is 209 g/mol. The Kier molecular flexibility index (Phi) is 4.07. The highest BCUT2D eigenvalue weighted by Crippen LogP contribution is 2.22. The van der Waals surface area contributed by atoms with E-state index in [1.165, 1.54) is 0 Å². The summed E-state index contributed by atoms with van der Waals surface area (Å²) in [5.41, 5.74) is 0. The summed E-state index contributed by atoms with van der Waals surface area (Å²) in [6.07, 6.45) is 3.31. The van der Waals surface area contributed by atoms with E-state index in [4.69, 9.17) is 27.9 Å². The van der Waals surface area contributed by atoms with Crippen LogP contribution < -0.4 is 0 Å². The molecule has 1 rings (SSSR count).